The first-order chi connectivity index (χ1) is 10.7. The van der Waals surface area contributed by atoms with Crippen LogP contribution in [0.15, 0.2) is 24.3 Å². The lowest BCUT2D eigenvalue weighted by atomic mass is 10.2. The first kappa shape index (κ1) is 15.0. The van der Waals surface area contributed by atoms with Crippen LogP contribution in [0.1, 0.15) is 5.56 Å². The van der Waals surface area contributed by atoms with Crippen molar-refractivity contribution >= 4 is 29.6 Å². The second kappa shape index (κ2) is 6.91. The minimum Gasteiger partial charge on any atom is -0.448 e. The SMILES string of the molecule is O=C(Nc1cccc(CN2CCOC2=O)c1)N1CCSCC1. The Morgan fingerprint density at radius 2 is 2.09 bits per heavy atom. The van der Waals surface area contributed by atoms with Crippen molar-refractivity contribution in [2.75, 3.05) is 43.1 Å². The van der Waals surface area contributed by atoms with E-state index in [1.165, 1.54) is 0 Å². The van der Waals surface area contributed by atoms with Gasteiger partial charge < -0.3 is 19.9 Å². The molecule has 6 nitrogen and oxygen atoms in total. The van der Waals surface area contributed by atoms with Crippen LogP contribution >= 0.6 is 11.8 Å². The van der Waals surface area contributed by atoms with Gasteiger partial charge in [-0.05, 0) is 17.7 Å². The van der Waals surface area contributed by atoms with Crippen LogP contribution in [0, 0.1) is 0 Å². The molecule has 0 unspecified atom stereocenters. The van der Waals surface area contributed by atoms with E-state index >= 15 is 0 Å². The summed E-state index contributed by atoms with van der Waals surface area (Å²) in [4.78, 5) is 27.2. The Morgan fingerprint density at radius 1 is 1.27 bits per heavy atom. The topological polar surface area (TPSA) is 61.9 Å². The largest absolute Gasteiger partial charge is 0.448 e. The summed E-state index contributed by atoms with van der Waals surface area (Å²) in [6, 6.07) is 7.54. The zero-order chi connectivity index (χ0) is 15.4. The van der Waals surface area contributed by atoms with Crippen molar-refractivity contribution in [1.82, 2.24) is 9.80 Å². The van der Waals surface area contributed by atoms with Gasteiger partial charge in [0.05, 0.1) is 6.54 Å². The van der Waals surface area contributed by atoms with Gasteiger partial charge in [0.1, 0.15) is 6.61 Å². The van der Waals surface area contributed by atoms with Crippen LogP contribution < -0.4 is 5.32 Å². The Morgan fingerprint density at radius 3 is 2.82 bits per heavy atom. The molecular weight excluding hydrogens is 302 g/mol. The van der Waals surface area contributed by atoms with Gasteiger partial charge in [0.25, 0.3) is 0 Å². The molecule has 0 saturated carbocycles. The predicted molar refractivity (Wildman–Crippen MR) is 86.1 cm³/mol. The van der Waals surface area contributed by atoms with Gasteiger partial charge >= 0.3 is 12.1 Å². The number of carbonyl (C=O) groups is 2. The maximum atomic E-state index is 12.2. The van der Waals surface area contributed by atoms with Gasteiger partial charge in [0.2, 0.25) is 0 Å². The van der Waals surface area contributed by atoms with Crippen molar-refractivity contribution in [3.05, 3.63) is 29.8 Å². The molecule has 1 N–H and O–H groups in total. The van der Waals surface area contributed by atoms with Gasteiger partial charge in [0, 0.05) is 36.8 Å². The van der Waals surface area contributed by atoms with Crippen molar-refractivity contribution in [2.45, 2.75) is 6.54 Å². The van der Waals surface area contributed by atoms with Gasteiger partial charge in [-0.25, -0.2) is 9.59 Å². The highest BCUT2D eigenvalue weighted by Gasteiger charge is 2.22. The van der Waals surface area contributed by atoms with E-state index in [4.69, 9.17) is 4.74 Å². The summed E-state index contributed by atoms with van der Waals surface area (Å²) in [6.07, 6.45) is -0.278. The number of nitrogens with zero attached hydrogens (tertiary/aromatic N) is 2. The summed E-state index contributed by atoms with van der Waals surface area (Å²) >= 11 is 1.87. The third kappa shape index (κ3) is 3.65. The van der Waals surface area contributed by atoms with E-state index in [1.54, 1.807) is 4.90 Å². The Kier molecular flexibility index (Phi) is 4.72. The lowest BCUT2D eigenvalue weighted by molar-refractivity contribution is 0.157. The Balaban J connectivity index is 1.60. The average molecular weight is 321 g/mol. The summed E-state index contributed by atoms with van der Waals surface area (Å²) in [6.45, 7) is 3.14. The first-order valence-electron chi connectivity index (χ1n) is 7.37. The highest BCUT2D eigenvalue weighted by atomic mass is 32.2. The fourth-order valence-corrected chi connectivity index (χ4v) is 3.41. The number of urea groups is 1. The van der Waals surface area contributed by atoms with Gasteiger partial charge in [0.15, 0.2) is 0 Å². The van der Waals surface area contributed by atoms with E-state index < -0.39 is 0 Å². The lowest BCUT2D eigenvalue weighted by Gasteiger charge is -2.26. The number of ether oxygens (including phenoxy) is 1. The number of benzene rings is 1. The standard InChI is InChI=1S/C15H19N3O3S/c19-14(17-5-8-22-9-6-17)16-13-3-1-2-12(10-13)11-18-4-7-21-15(18)20/h1-3,10H,4-9,11H2,(H,16,19). The van der Waals surface area contributed by atoms with E-state index in [-0.39, 0.29) is 12.1 Å². The van der Waals surface area contributed by atoms with Crippen molar-refractivity contribution in [3.8, 4) is 0 Å². The Hall–Kier alpha value is -1.89. The van der Waals surface area contributed by atoms with Crippen molar-refractivity contribution in [2.24, 2.45) is 0 Å². The van der Waals surface area contributed by atoms with Crippen LogP contribution in [0.2, 0.25) is 0 Å². The normalized spacial score (nSPS) is 18.3. The van der Waals surface area contributed by atoms with Crippen LogP contribution in [0.3, 0.4) is 0 Å². The summed E-state index contributed by atoms with van der Waals surface area (Å²) in [5.74, 6) is 1.98. The number of anilines is 1. The molecule has 2 fully saturated rings. The minimum absolute atomic E-state index is 0.0574. The summed E-state index contributed by atoms with van der Waals surface area (Å²) in [5.41, 5.74) is 1.74. The number of carbonyl (C=O) groups excluding carboxylic acids is 2. The highest BCUT2D eigenvalue weighted by molar-refractivity contribution is 7.99. The van der Waals surface area contributed by atoms with E-state index in [0.29, 0.717) is 19.7 Å². The second-order valence-electron chi connectivity index (χ2n) is 5.27. The zero-order valence-electron chi connectivity index (χ0n) is 12.3. The minimum atomic E-state index is -0.278. The molecule has 118 valence electrons. The molecule has 0 bridgehead atoms. The number of hydrogen-bond acceptors (Lipinski definition) is 4. The van der Waals surface area contributed by atoms with Crippen molar-refractivity contribution in [1.29, 1.82) is 0 Å². The smallest absolute Gasteiger partial charge is 0.410 e. The van der Waals surface area contributed by atoms with Gasteiger partial charge in [-0.15, -0.1) is 0 Å². The highest BCUT2D eigenvalue weighted by Crippen LogP contribution is 2.16. The van der Waals surface area contributed by atoms with Crippen LogP contribution in [0.4, 0.5) is 15.3 Å². The van der Waals surface area contributed by atoms with E-state index in [1.807, 2.05) is 40.9 Å². The van der Waals surface area contributed by atoms with E-state index in [9.17, 15) is 9.59 Å². The fourth-order valence-electron chi connectivity index (χ4n) is 2.51. The van der Waals surface area contributed by atoms with Crippen LogP contribution in [0.25, 0.3) is 0 Å². The second-order valence-corrected chi connectivity index (χ2v) is 6.49. The van der Waals surface area contributed by atoms with E-state index in [0.717, 1.165) is 35.8 Å². The maximum Gasteiger partial charge on any atom is 0.410 e. The number of nitrogens with one attached hydrogen (secondary N) is 1. The fraction of sp³-hybridized carbons (Fsp3) is 0.467. The molecule has 3 amide bonds. The number of hydrogen-bond donors (Lipinski definition) is 1. The van der Waals surface area contributed by atoms with Gasteiger partial charge in [-0.3, -0.25) is 0 Å². The van der Waals surface area contributed by atoms with Crippen LogP contribution in [-0.4, -0.2) is 59.7 Å². The molecule has 0 radical (unpaired) electrons. The molecule has 0 spiro atoms. The number of rotatable bonds is 3. The molecule has 0 aromatic heterocycles. The zero-order valence-corrected chi connectivity index (χ0v) is 13.1. The molecule has 2 saturated heterocycles. The number of cyclic esters (lactones) is 1. The Bertz CT molecular complexity index is 561. The Labute approximate surface area is 133 Å². The van der Waals surface area contributed by atoms with Crippen LogP contribution in [0.5, 0.6) is 0 Å². The van der Waals surface area contributed by atoms with Crippen LogP contribution in [-0.2, 0) is 11.3 Å². The molecule has 3 rings (SSSR count). The average Bonchev–Trinajstić information content (AvgIpc) is 2.94. The molecule has 2 aliphatic rings. The molecule has 1 aromatic carbocycles. The first-order valence-corrected chi connectivity index (χ1v) is 8.52. The molecule has 1 aromatic rings. The number of amides is 3. The summed E-state index contributed by atoms with van der Waals surface area (Å²) < 4.78 is 4.92. The predicted octanol–water partition coefficient (Wildman–Crippen LogP) is 2.22. The van der Waals surface area contributed by atoms with Crippen molar-refractivity contribution < 1.29 is 14.3 Å². The molecule has 2 heterocycles. The number of thioether (sulfide) groups is 1. The third-order valence-corrected chi connectivity index (χ3v) is 4.64. The maximum absolute atomic E-state index is 12.2. The molecule has 22 heavy (non-hydrogen) atoms. The molecular formula is C15H19N3O3S. The third-order valence-electron chi connectivity index (χ3n) is 3.69. The summed E-state index contributed by atoms with van der Waals surface area (Å²) in [5, 5.41) is 2.93. The molecule has 7 heteroatoms. The van der Waals surface area contributed by atoms with E-state index in [2.05, 4.69) is 5.32 Å². The molecule has 0 atom stereocenters. The quantitative estimate of drug-likeness (QED) is 0.927. The molecule has 0 aliphatic carbocycles. The van der Waals surface area contributed by atoms with Crippen molar-refractivity contribution in [3.63, 3.8) is 0 Å². The summed E-state index contributed by atoms with van der Waals surface area (Å²) in [7, 11) is 0. The molecule has 2 aliphatic heterocycles. The monoisotopic (exact) mass is 321 g/mol. The lowest BCUT2D eigenvalue weighted by Crippen LogP contribution is -2.40. The van der Waals surface area contributed by atoms with Gasteiger partial charge in [-0.1, -0.05) is 12.1 Å². The van der Waals surface area contributed by atoms with Gasteiger partial charge in [-0.2, -0.15) is 11.8 Å².